The van der Waals surface area contributed by atoms with Gasteiger partial charge in [0.05, 0.1) is 11.6 Å². The van der Waals surface area contributed by atoms with Gasteiger partial charge in [-0.05, 0) is 38.3 Å². The largest absolute Gasteiger partial charge is 0.389 e. The number of benzene rings is 1. The highest BCUT2D eigenvalue weighted by Crippen LogP contribution is 2.15. The first-order chi connectivity index (χ1) is 9.30. The van der Waals surface area contributed by atoms with Crippen molar-refractivity contribution in [1.29, 1.82) is 0 Å². The molecule has 1 aromatic carbocycles. The summed E-state index contributed by atoms with van der Waals surface area (Å²) in [5.74, 6) is 0.316. The highest BCUT2D eigenvalue weighted by molar-refractivity contribution is 5.94. The normalized spacial score (nSPS) is 15.7. The van der Waals surface area contributed by atoms with Crippen molar-refractivity contribution in [2.75, 3.05) is 11.9 Å². The molecule has 0 bridgehead atoms. The standard InChI is InChI=1S/C16H26N2O2/c1-12(2)10-16(4,20)11-17-13(3)15(19)18-14-8-6-5-7-9-14/h5-9,12-13,17,20H,10-11H2,1-4H3,(H,18,19). The van der Waals surface area contributed by atoms with Crippen LogP contribution in [0.4, 0.5) is 5.69 Å². The number of carbonyl (C=O) groups excluding carboxylic acids is 1. The lowest BCUT2D eigenvalue weighted by Gasteiger charge is -2.27. The number of para-hydroxylation sites is 1. The Morgan fingerprint density at radius 3 is 2.40 bits per heavy atom. The van der Waals surface area contributed by atoms with Crippen LogP contribution >= 0.6 is 0 Å². The van der Waals surface area contributed by atoms with Crippen LogP contribution in [0.15, 0.2) is 30.3 Å². The van der Waals surface area contributed by atoms with Gasteiger partial charge in [0, 0.05) is 12.2 Å². The maximum atomic E-state index is 12.0. The Kier molecular flexibility index (Phi) is 6.17. The Morgan fingerprint density at radius 1 is 1.25 bits per heavy atom. The molecule has 2 atom stereocenters. The summed E-state index contributed by atoms with van der Waals surface area (Å²) in [5, 5.41) is 16.1. The van der Waals surface area contributed by atoms with Gasteiger partial charge in [-0.1, -0.05) is 32.0 Å². The predicted molar refractivity (Wildman–Crippen MR) is 82.6 cm³/mol. The molecule has 0 fully saturated rings. The van der Waals surface area contributed by atoms with Gasteiger partial charge in [0.2, 0.25) is 5.91 Å². The molecule has 4 nitrogen and oxygen atoms in total. The second kappa shape index (κ2) is 7.41. The fraction of sp³-hybridized carbons (Fsp3) is 0.562. The van der Waals surface area contributed by atoms with Gasteiger partial charge in [-0.3, -0.25) is 4.79 Å². The highest BCUT2D eigenvalue weighted by atomic mass is 16.3. The minimum absolute atomic E-state index is 0.100. The fourth-order valence-corrected chi connectivity index (χ4v) is 2.19. The molecule has 1 amide bonds. The van der Waals surface area contributed by atoms with E-state index in [-0.39, 0.29) is 11.9 Å². The predicted octanol–water partition coefficient (Wildman–Crippen LogP) is 2.40. The number of anilines is 1. The lowest BCUT2D eigenvalue weighted by atomic mass is 9.94. The van der Waals surface area contributed by atoms with Crippen molar-refractivity contribution in [2.45, 2.75) is 45.8 Å². The number of nitrogens with one attached hydrogen (secondary N) is 2. The van der Waals surface area contributed by atoms with Crippen molar-refractivity contribution in [3.05, 3.63) is 30.3 Å². The Morgan fingerprint density at radius 2 is 1.85 bits per heavy atom. The first-order valence-electron chi connectivity index (χ1n) is 7.12. The van der Waals surface area contributed by atoms with E-state index < -0.39 is 5.60 Å². The third kappa shape index (κ3) is 6.17. The molecule has 0 aliphatic heterocycles. The van der Waals surface area contributed by atoms with Crippen LogP contribution in [0, 0.1) is 5.92 Å². The molecule has 0 saturated carbocycles. The smallest absolute Gasteiger partial charge is 0.241 e. The molecule has 0 aromatic heterocycles. The van der Waals surface area contributed by atoms with Crippen LogP contribution in [-0.4, -0.2) is 29.2 Å². The molecule has 1 aromatic rings. The summed E-state index contributed by atoms with van der Waals surface area (Å²) in [7, 11) is 0. The zero-order valence-corrected chi connectivity index (χ0v) is 12.8. The summed E-state index contributed by atoms with van der Waals surface area (Å²) in [5.41, 5.74) is -0.0183. The Bertz CT molecular complexity index is 416. The van der Waals surface area contributed by atoms with Gasteiger partial charge in [-0.25, -0.2) is 0 Å². The molecule has 0 spiro atoms. The van der Waals surface area contributed by atoms with Crippen LogP contribution in [0.1, 0.15) is 34.1 Å². The summed E-state index contributed by atoms with van der Waals surface area (Å²) in [6, 6.07) is 9.00. The van der Waals surface area contributed by atoms with E-state index in [4.69, 9.17) is 0 Å². The molecule has 112 valence electrons. The van der Waals surface area contributed by atoms with Crippen molar-refractivity contribution in [3.63, 3.8) is 0 Å². The van der Waals surface area contributed by atoms with E-state index in [2.05, 4.69) is 24.5 Å². The Labute approximate surface area is 121 Å². The molecular weight excluding hydrogens is 252 g/mol. The third-order valence-electron chi connectivity index (χ3n) is 3.07. The first kappa shape index (κ1) is 16.7. The zero-order valence-electron chi connectivity index (χ0n) is 12.8. The van der Waals surface area contributed by atoms with E-state index in [0.29, 0.717) is 18.9 Å². The van der Waals surface area contributed by atoms with Crippen LogP contribution in [0.5, 0.6) is 0 Å². The number of aliphatic hydroxyl groups is 1. The summed E-state index contributed by atoms with van der Waals surface area (Å²) < 4.78 is 0. The van der Waals surface area contributed by atoms with Gasteiger partial charge in [0.25, 0.3) is 0 Å². The van der Waals surface area contributed by atoms with E-state index >= 15 is 0 Å². The average molecular weight is 278 g/mol. The van der Waals surface area contributed by atoms with Crippen molar-refractivity contribution in [2.24, 2.45) is 5.92 Å². The monoisotopic (exact) mass is 278 g/mol. The van der Waals surface area contributed by atoms with E-state index in [1.807, 2.05) is 30.3 Å². The molecule has 0 heterocycles. The van der Waals surface area contributed by atoms with Crippen molar-refractivity contribution < 1.29 is 9.90 Å². The van der Waals surface area contributed by atoms with E-state index in [9.17, 15) is 9.90 Å². The van der Waals surface area contributed by atoms with Crippen molar-refractivity contribution in [1.82, 2.24) is 5.32 Å². The Hall–Kier alpha value is -1.39. The maximum Gasteiger partial charge on any atom is 0.241 e. The summed E-state index contributed by atoms with van der Waals surface area (Å²) in [6.07, 6.45) is 0.701. The fourth-order valence-electron chi connectivity index (χ4n) is 2.19. The van der Waals surface area contributed by atoms with E-state index in [1.54, 1.807) is 13.8 Å². The molecule has 2 unspecified atom stereocenters. The van der Waals surface area contributed by atoms with Gasteiger partial charge in [0.1, 0.15) is 0 Å². The summed E-state index contributed by atoms with van der Waals surface area (Å²) >= 11 is 0. The van der Waals surface area contributed by atoms with Crippen LogP contribution in [-0.2, 0) is 4.79 Å². The number of amides is 1. The molecule has 0 radical (unpaired) electrons. The van der Waals surface area contributed by atoms with Crippen LogP contribution in [0.2, 0.25) is 0 Å². The van der Waals surface area contributed by atoms with Gasteiger partial charge in [0.15, 0.2) is 0 Å². The van der Waals surface area contributed by atoms with Gasteiger partial charge in [-0.2, -0.15) is 0 Å². The zero-order chi connectivity index (χ0) is 15.2. The average Bonchev–Trinajstić information content (AvgIpc) is 2.35. The number of hydrogen-bond donors (Lipinski definition) is 3. The van der Waals surface area contributed by atoms with Gasteiger partial charge >= 0.3 is 0 Å². The van der Waals surface area contributed by atoms with E-state index in [0.717, 1.165) is 5.69 Å². The number of carbonyl (C=O) groups is 1. The summed E-state index contributed by atoms with van der Waals surface area (Å²) in [4.78, 5) is 12.0. The topological polar surface area (TPSA) is 61.4 Å². The molecule has 20 heavy (non-hydrogen) atoms. The molecule has 3 N–H and O–H groups in total. The van der Waals surface area contributed by atoms with Crippen LogP contribution in [0.3, 0.4) is 0 Å². The minimum atomic E-state index is -0.796. The lowest BCUT2D eigenvalue weighted by Crippen LogP contribution is -2.46. The minimum Gasteiger partial charge on any atom is -0.389 e. The van der Waals surface area contributed by atoms with Crippen molar-refractivity contribution >= 4 is 11.6 Å². The van der Waals surface area contributed by atoms with Gasteiger partial charge in [-0.15, -0.1) is 0 Å². The van der Waals surface area contributed by atoms with Gasteiger partial charge < -0.3 is 15.7 Å². The molecule has 0 aliphatic carbocycles. The molecule has 0 aliphatic rings. The lowest BCUT2D eigenvalue weighted by molar-refractivity contribution is -0.118. The maximum absolute atomic E-state index is 12.0. The quantitative estimate of drug-likeness (QED) is 0.717. The van der Waals surface area contributed by atoms with Crippen molar-refractivity contribution in [3.8, 4) is 0 Å². The summed E-state index contributed by atoms with van der Waals surface area (Å²) in [6.45, 7) is 8.13. The SMILES string of the molecule is CC(C)CC(C)(O)CNC(C)C(=O)Nc1ccccc1. The molecular formula is C16H26N2O2. The molecule has 4 heteroatoms. The second-order valence-corrected chi connectivity index (χ2v) is 6.05. The second-order valence-electron chi connectivity index (χ2n) is 6.05. The number of hydrogen-bond acceptors (Lipinski definition) is 3. The van der Waals surface area contributed by atoms with Crippen LogP contribution < -0.4 is 10.6 Å². The first-order valence-corrected chi connectivity index (χ1v) is 7.12. The van der Waals surface area contributed by atoms with Crippen LogP contribution in [0.25, 0.3) is 0 Å². The third-order valence-corrected chi connectivity index (χ3v) is 3.07. The number of rotatable bonds is 7. The molecule has 0 saturated heterocycles. The Balaban J connectivity index is 2.42. The molecule has 1 rings (SSSR count). The highest BCUT2D eigenvalue weighted by Gasteiger charge is 2.23. The van der Waals surface area contributed by atoms with E-state index in [1.165, 1.54) is 0 Å².